The maximum Gasteiger partial charge on any atom is 0.339 e. The van der Waals surface area contributed by atoms with Crippen molar-refractivity contribution in [2.24, 2.45) is 0 Å². The number of hydrogen-bond donors (Lipinski definition) is 2. The Morgan fingerprint density at radius 1 is 1.30 bits per heavy atom. The summed E-state index contributed by atoms with van der Waals surface area (Å²) in [6.45, 7) is 1.78. The fourth-order valence-corrected chi connectivity index (χ4v) is 3.10. The summed E-state index contributed by atoms with van der Waals surface area (Å²) in [5.41, 5.74) is 1.44. The zero-order chi connectivity index (χ0) is 19.6. The normalized spacial score (nSPS) is 13.4. The van der Waals surface area contributed by atoms with Crippen LogP contribution in [-0.2, 0) is 22.6 Å². The van der Waals surface area contributed by atoms with Crippen LogP contribution < -0.4 is 10.2 Å². The van der Waals surface area contributed by atoms with Crippen LogP contribution in [0, 0.1) is 12.7 Å². The Kier molecular flexibility index (Phi) is 5.25. The average molecular weight is 374 g/mol. The van der Waals surface area contributed by atoms with Crippen LogP contribution in [0.15, 0.2) is 28.7 Å². The maximum atomic E-state index is 13.4. The molecule has 1 aliphatic rings. The largest absolute Gasteiger partial charge is 0.478 e. The van der Waals surface area contributed by atoms with Gasteiger partial charge in [0.15, 0.2) is 0 Å². The van der Waals surface area contributed by atoms with Crippen molar-refractivity contribution in [1.82, 2.24) is 5.32 Å². The highest BCUT2D eigenvalue weighted by atomic mass is 19.1. The van der Waals surface area contributed by atoms with Crippen molar-refractivity contribution in [1.29, 1.82) is 0 Å². The van der Waals surface area contributed by atoms with Crippen molar-refractivity contribution in [2.45, 2.75) is 32.7 Å². The molecule has 0 atom stereocenters. The van der Waals surface area contributed by atoms with Gasteiger partial charge in [0, 0.05) is 25.1 Å². The Morgan fingerprint density at radius 2 is 2.07 bits per heavy atom. The van der Waals surface area contributed by atoms with Gasteiger partial charge in [0.05, 0.1) is 6.54 Å². The number of carbonyl (C=O) groups excluding carboxylic acids is 2. The number of furan rings is 1. The van der Waals surface area contributed by atoms with E-state index in [1.165, 1.54) is 30.0 Å². The lowest BCUT2D eigenvalue weighted by Crippen LogP contribution is -2.38. The smallest absolute Gasteiger partial charge is 0.339 e. The number of hydrogen-bond acceptors (Lipinski definition) is 4. The number of halogens is 1. The molecule has 142 valence electrons. The van der Waals surface area contributed by atoms with Gasteiger partial charge in [-0.15, -0.1) is 0 Å². The molecule has 2 heterocycles. The van der Waals surface area contributed by atoms with Gasteiger partial charge in [0.25, 0.3) is 0 Å². The van der Waals surface area contributed by atoms with Crippen LogP contribution in [0.5, 0.6) is 0 Å². The number of aryl methyl sites for hydroxylation is 2. The lowest BCUT2D eigenvalue weighted by molar-refractivity contribution is -0.121. The molecule has 2 aromatic rings. The molecule has 27 heavy (non-hydrogen) atoms. The summed E-state index contributed by atoms with van der Waals surface area (Å²) in [5, 5.41) is 11.6. The number of carboxylic acids is 1. The van der Waals surface area contributed by atoms with Gasteiger partial charge in [-0.05, 0) is 43.2 Å². The van der Waals surface area contributed by atoms with Crippen molar-refractivity contribution >= 4 is 23.5 Å². The van der Waals surface area contributed by atoms with E-state index in [1.54, 1.807) is 6.07 Å². The fraction of sp³-hybridized carbons (Fsp3) is 0.316. The monoisotopic (exact) mass is 374 g/mol. The second kappa shape index (κ2) is 7.61. The number of aromatic carboxylic acids is 1. The first-order chi connectivity index (χ1) is 12.8. The molecule has 1 aliphatic heterocycles. The number of amides is 2. The first-order valence-electron chi connectivity index (χ1n) is 8.53. The Balaban J connectivity index is 1.57. The van der Waals surface area contributed by atoms with Gasteiger partial charge in [-0.1, -0.05) is 0 Å². The molecule has 1 aromatic heterocycles. The van der Waals surface area contributed by atoms with Gasteiger partial charge in [-0.25, -0.2) is 9.18 Å². The number of nitrogens with one attached hydrogen (secondary N) is 1. The van der Waals surface area contributed by atoms with E-state index in [9.17, 15) is 18.8 Å². The molecule has 2 N–H and O–H groups in total. The van der Waals surface area contributed by atoms with Crippen molar-refractivity contribution in [3.05, 3.63) is 52.7 Å². The summed E-state index contributed by atoms with van der Waals surface area (Å²) in [6.07, 6.45) is 0.828. The molecular formula is C19H19FN2O5. The van der Waals surface area contributed by atoms with Crippen LogP contribution in [0.3, 0.4) is 0 Å². The first-order valence-corrected chi connectivity index (χ1v) is 8.53. The summed E-state index contributed by atoms with van der Waals surface area (Å²) in [4.78, 5) is 36.8. The van der Waals surface area contributed by atoms with Crippen molar-refractivity contribution < 1.29 is 28.3 Å². The van der Waals surface area contributed by atoms with Gasteiger partial charge in [-0.3, -0.25) is 9.59 Å². The molecule has 2 amide bonds. The van der Waals surface area contributed by atoms with Crippen molar-refractivity contribution in [2.75, 3.05) is 11.4 Å². The zero-order valence-electron chi connectivity index (χ0n) is 14.8. The van der Waals surface area contributed by atoms with Gasteiger partial charge < -0.3 is 19.7 Å². The quantitative estimate of drug-likeness (QED) is 0.809. The summed E-state index contributed by atoms with van der Waals surface area (Å²) in [5.74, 6) is -1.23. The molecule has 0 aliphatic carbocycles. The molecule has 7 nitrogen and oxygen atoms in total. The zero-order valence-corrected chi connectivity index (χ0v) is 14.8. The maximum absolute atomic E-state index is 13.4. The third-order valence-electron chi connectivity index (χ3n) is 4.46. The van der Waals surface area contributed by atoms with Gasteiger partial charge in [-0.2, -0.15) is 0 Å². The minimum Gasteiger partial charge on any atom is -0.478 e. The van der Waals surface area contributed by atoms with E-state index in [4.69, 9.17) is 9.52 Å². The summed E-state index contributed by atoms with van der Waals surface area (Å²) in [7, 11) is 0. The predicted octanol–water partition coefficient (Wildman–Crippen LogP) is 2.41. The van der Waals surface area contributed by atoms with Crippen LogP contribution in [0.2, 0.25) is 0 Å². The van der Waals surface area contributed by atoms with Gasteiger partial charge in [0.2, 0.25) is 11.8 Å². The number of carboxylic acid groups (broad SMARTS) is 1. The number of fused-ring (bicyclic) bond motifs is 1. The molecule has 3 rings (SSSR count). The Morgan fingerprint density at radius 3 is 2.78 bits per heavy atom. The van der Waals surface area contributed by atoms with E-state index in [0.717, 1.165) is 5.56 Å². The van der Waals surface area contributed by atoms with Crippen molar-refractivity contribution in [3.8, 4) is 0 Å². The lowest BCUT2D eigenvalue weighted by Gasteiger charge is -2.29. The molecule has 0 unspecified atom stereocenters. The van der Waals surface area contributed by atoms with Crippen LogP contribution >= 0.6 is 0 Å². The highest BCUT2D eigenvalue weighted by molar-refractivity contribution is 5.97. The molecule has 8 heteroatoms. The standard InChI is InChI=1S/C19H19FN2O5/c1-11-15(19(25)26)9-14(27-11)10-21-17(23)6-7-22-16-4-3-13(20)8-12(16)2-5-18(22)24/h3-4,8-9H,2,5-7,10H2,1H3,(H,21,23)(H,25,26). The van der Waals surface area contributed by atoms with Crippen molar-refractivity contribution in [3.63, 3.8) is 0 Å². The summed E-state index contributed by atoms with van der Waals surface area (Å²) < 4.78 is 18.7. The van der Waals surface area contributed by atoms with Crippen LogP contribution in [-0.4, -0.2) is 29.4 Å². The van der Waals surface area contributed by atoms with Crippen LogP contribution in [0.1, 0.15) is 40.3 Å². The van der Waals surface area contributed by atoms with Gasteiger partial charge in [0.1, 0.15) is 22.9 Å². The molecule has 0 saturated heterocycles. The number of rotatable bonds is 6. The summed E-state index contributed by atoms with van der Waals surface area (Å²) >= 11 is 0. The average Bonchev–Trinajstić information content (AvgIpc) is 3.00. The van der Waals surface area contributed by atoms with E-state index in [2.05, 4.69) is 5.32 Å². The number of carbonyl (C=O) groups is 3. The highest BCUT2D eigenvalue weighted by Crippen LogP contribution is 2.28. The van der Waals surface area contributed by atoms with Gasteiger partial charge >= 0.3 is 5.97 Å². The van der Waals surface area contributed by atoms with Crippen LogP contribution in [0.4, 0.5) is 10.1 Å². The molecule has 0 saturated carbocycles. The first kappa shape index (κ1) is 18.6. The Hall–Kier alpha value is -3.16. The fourth-order valence-electron chi connectivity index (χ4n) is 3.10. The van der Waals surface area contributed by atoms with E-state index >= 15 is 0 Å². The minimum atomic E-state index is -1.09. The summed E-state index contributed by atoms with van der Waals surface area (Å²) in [6, 6.07) is 5.63. The Bertz CT molecular complexity index is 906. The predicted molar refractivity (Wildman–Crippen MR) is 93.9 cm³/mol. The number of nitrogens with zero attached hydrogens (tertiary/aromatic N) is 1. The van der Waals surface area contributed by atoms with E-state index in [-0.39, 0.29) is 54.9 Å². The number of anilines is 1. The molecule has 0 spiro atoms. The lowest BCUT2D eigenvalue weighted by atomic mass is 10.0. The highest BCUT2D eigenvalue weighted by Gasteiger charge is 2.24. The molecular weight excluding hydrogens is 355 g/mol. The molecule has 0 bridgehead atoms. The molecule has 1 aromatic carbocycles. The topological polar surface area (TPSA) is 99.9 Å². The second-order valence-electron chi connectivity index (χ2n) is 6.33. The Labute approximate surface area is 154 Å². The third kappa shape index (κ3) is 4.16. The number of benzene rings is 1. The third-order valence-corrected chi connectivity index (χ3v) is 4.46. The van der Waals surface area contributed by atoms with E-state index in [0.29, 0.717) is 17.9 Å². The van der Waals surface area contributed by atoms with E-state index < -0.39 is 5.97 Å². The second-order valence-corrected chi connectivity index (χ2v) is 6.33. The SMILES string of the molecule is Cc1oc(CNC(=O)CCN2C(=O)CCc3cc(F)ccc32)cc1C(=O)O. The van der Waals surface area contributed by atoms with Crippen LogP contribution in [0.25, 0.3) is 0 Å². The molecule has 0 fully saturated rings. The minimum absolute atomic E-state index is 0.0574. The molecule has 0 radical (unpaired) electrons. The van der Waals surface area contributed by atoms with E-state index in [1.807, 2.05) is 0 Å².